The van der Waals surface area contributed by atoms with Crippen LogP contribution in [0.2, 0.25) is 0 Å². The van der Waals surface area contributed by atoms with Gasteiger partial charge < -0.3 is 10.2 Å². The summed E-state index contributed by atoms with van der Waals surface area (Å²) < 4.78 is 0. The van der Waals surface area contributed by atoms with E-state index in [1.807, 2.05) is 0 Å². The number of benzene rings is 1. The Kier molecular flexibility index (Phi) is 2.58. The second kappa shape index (κ2) is 4.27. The molecule has 2 aliphatic heterocycles. The molecule has 1 N–H and O–H groups in total. The van der Waals surface area contributed by atoms with Crippen molar-refractivity contribution in [2.45, 2.75) is 44.1 Å². The van der Waals surface area contributed by atoms with E-state index in [9.17, 15) is 0 Å². The molecule has 2 heteroatoms. The first-order valence-electron chi connectivity index (χ1n) is 7.54. The third-order valence-electron chi connectivity index (χ3n) is 5.07. The summed E-state index contributed by atoms with van der Waals surface area (Å²) in [5.41, 5.74) is 4.86. The molecule has 0 amide bonds. The minimum atomic E-state index is 0.801. The third-order valence-corrected chi connectivity index (χ3v) is 5.07. The molecule has 2 unspecified atom stereocenters. The molecule has 2 heterocycles. The first-order chi connectivity index (χ1) is 8.95. The molecule has 1 aliphatic carbocycles. The second-order valence-corrected chi connectivity index (χ2v) is 6.01. The van der Waals surface area contributed by atoms with Crippen molar-refractivity contribution in [3.05, 3.63) is 29.3 Å². The zero-order chi connectivity index (χ0) is 11.9. The molecule has 0 saturated heterocycles. The fourth-order valence-electron chi connectivity index (χ4n) is 4.30. The Hall–Kier alpha value is -1.02. The predicted octanol–water partition coefficient (Wildman–Crippen LogP) is 2.68. The Morgan fingerprint density at radius 1 is 1.11 bits per heavy atom. The number of anilines is 1. The molecule has 2 atom stereocenters. The second-order valence-electron chi connectivity index (χ2n) is 6.01. The Bertz CT molecular complexity index is 454. The largest absolute Gasteiger partial charge is 0.366 e. The quantitative estimate of drug-likeness (QED) is 0.752. The van der Waals surface area contributed by atoms with E-state index in [-0.39, 0.29) is 0 Å². The lowest BCUT2D eigenvalue weighted by molar-refractivity contribution is 0.384. The van der Waals surface area contributed by atoms with E-state index in [1.54, 1.807) is 16.8 Å². The van der Waals surface area contributed by atoms with Crippen LogP contribution in [0.3, 0.4) is 0 Å². The summed E-state index contributed by atoms with van der Waals surface area (Å²) in [5.74, 6) is 0.826. The first kappa shape index (κ1) is 10.9. The molecule has 1 saturated carbocycles. The van der Waals surface area contributed by atoms with Crippen molar-refractivity contribution in [1.29, 1.82) is 0 Å². The van der Waals surface area contributed by atoms with Crippen LogP contribution in [0.1, 0.15) is 42.7 Å². The van der Waals surface area contributed by atoms with Crippen LogP contribution in [0.5, 0.6) is 0 Å². The van der Waals surface area contributed by atoms with Crippen molar-refractivity contribution in [2.75, 3.05) is 24.5 Å². The van der Waals surface area contributed by atoms with Crippen molar-refractivity contribution < 1.29 is 0 Å². The number of para-hydroxylation sites is 1. The van der Waals surface area contributed by atoms with Gasteiger partial charge in [-0.25, -0.2) is 0 Å². The van der Waals surface area contributed by atoms with Gasteiger partial charge in [-0.05, 0) is 36.9 Å². The van der Waals surface area contributed by atoms with E-state index in [1.165, 1.54) is 38.6 Å². The van der Waals surface area contributed by atoms with E-state index < -0.39 is 0 Å². The number of nitrogens with one attached hydrogen (secondary N) is 1. The summed E-state index contributed by atoms with van der Waals surface area (Å²) >= 11 is 0. The van der Waals surface area contributed by atoms with Crippen molar-refractivity contribution in [3.63, 3.8) is 0 Å². The minimum Gasteiger partial charge on any atom is -0.366 e. The molecule has 0 radical (unpaired) electrons. The highest BCUT2D eigenvalue weighted by molar-refractivity contribution is 5.67. The van der Waals surface area contributed by atoms with Crippen molar-refractivity contribution >= 4 is 5.69 Å². The topological polar surface area (TPSA) is 15.3 Å². The molecule has 0 aromatic heterocycles. The Morgan fingerprint density at radius 2 is 2.06 bits per heavy atom. The maximum atomic E-state index is 3.57. The van der Waals surface area contributed by atoms with Crippen LogP contribution in [0.4, 0.5) is 5.69 Å². The molecule has 0 spiro atoms. The van der Waals surface area contributed by atoms with Gasteiger partial charge in [-0.15, -0.1) is 0 Å². The van der Waals surface area contributed by atoms with E-state index in [4.69, 9.17) is 0 Å². The molecule has 1 aromatic rings. The van der Waals surface area contributed by atoms with E-state index in [0.717, 1.165) is 25.0 Å². The van der Waals surface area contributed by atoms with Crippen LogP contribution < -0.4 is 10.2 Å². The van der Waals surface area contributed by atoms with Crippen molar-refractivity contribution in [1.82, 2.24) is 5.32 Å². The van der Waals surface area contributed by atoms with Crippen molar-refractivity contribution in [2.24, 2.45) is 0 Å². The first-order valence-corrected chi connectivity index (χ1v) is 7.54. The fourth-order valence-corrected chi connectivity index (χ4v) is 4.30. The third kappa shape index (κ3) is 1.51. The number of hydrogen-bond donors (Lipinski definition) is 1. The van der Waals surface area contributed by atoms with Crippen LogP contribution in [0, 0.1) is 0 Å². The van der Waals surface area contributed by atoms with Gasteiger partial charge >= 0.3 is 0 Å². The molecule has 2 nitrogen and oxygen atoms in total. The fraction of sp³-hybridized carbons (Fsp3) is 0.625. The SMILES string of the molecule is c1cc2c3c(c1)C1CCCCC1N3CCNCC2. The van der Waals surface area contributed by atoms with Crippen LogP contribution >= 0.6 is 0 Å². The average Bonchev–Trinajstić information content (AvgIpc) is 2.70. The average molecular weight is 242 g/mol. The monoisotopic (exact) mass is 242 g/mol. The molecule has 18 heavy (non-hydrogen) atoms. The lowest BCUT2D eigenvalue weighted by atomic mass is 9.82. The summed E-state index contributed by atoms with van der Waals surface area (Å²) in [5, 5.41) is 3.57. The van der Waals surface area contributed by atoms with Gasteiger partial charge in [0.15, 0.2) is 0 Å². The molecule has 96 valence electrons. The van der Waals surface area contributed by atoms with Gasteiger partial charge in [-0.1, -0.05) is 31.0 Å². The molecule has 1 aromatic carbocycles. The number of fused-ring (bicyclic) bond motifs is 3. The summed E-state index contributed by atoms with van der Waals surface area (Å²) in [6.45, 7) is 3.49. The van der Waals surface area contributed by atoms with Crippen LogP contribution in [0.25, 0.3) is 0 Å². The predicted molar refractivity (Wildman–Crippen MR) is 75.4 cm³/mol. The summed E-state index contributed by atoms with van der Waals surface area (Å²) in [6.07, 6.45) is 6.86. The molecular formula is C16H22N2. The highest BCUT2D eigenvalue weighted by Gasteiger charge is 2.40. The van der Waals surface area contributed by atoms with Crippen LogP contribution in [0.15, 0.2) is 18.2 Å². The van der Waals surface area contributed by atoms with Gasteiger partial charge in [0.2, 0.25) is 0 Å². The number of rotatable bonds is 0. The molecule has 1 fully saturated rings. The van der Waals surface area contributed by atoms with Gasteiger partial charge in [0.25, 0.3) is 0 Å². The van der Waals surface area contributed by atoms with Crippen molar-refractivity contribution in [3.8, 4) is 0 Å². The normalized spacial score (nSPS) is 30.3. The maximum Gasteiger partial charge on any atom is 0.0438 e. The Morgan fingerprint density at radius 3 is 3.06 bits per heavy atom. The van der Waals surface area contributed by atoms with E-state index in [0.29, 0.717) is 0 Å². The number of nitrogens with zero attached hydrogens (tertiary/aromatic N) is 1. The lowest BCUT2D eigenvalue weighted by Gasteiger charge is -2.35. The highest BCUT2D eigenvalue weighted by atomic mass is 15.2. The van der Waals surface area contributed by atoms with Crippen LogP contribution in [-0.2, 0) is 6.42 Å². The Balaban J connectivity index is 1.84. The highest BCUT2D eigenvalue weighted by Crippen LogP contribution is 2.49. The van der Waals surface area contributed by atoms with E-state index in [2.05, 4.69) is 28.4 Å². The van der Waals surface area contributed by atoms with E-state index >= 15 is 0 Å². The zero-order valence-corrected chi connectivity index (χ0v) is 11.0. The smallest absolute Gasteiger partial charge is 0.0438 e. The molecule has 4 rings (SSSR count). The van der Waals surface area contributed by atoms with Gasteiger partial charge in [-0.2, -0.15) is 0 Å². The van der Waals surface area contributed by atoms with Gasteiger partial charge in [0.05, 0.1) is 0 Å². The van der Waals surface area contributed by atoms with Crippen LogP contribution in [-0.4, -0.2) is 25.7 Å². The van der Waals surface area contributed by atoms with Gasteiger partial charge in [0, 0.05) is 30.7 Å². The summed E-state index contributed by atoms with van der Waals surface area (Å²) in [4.78, 5) is 2.74. The zero-order valence-electron chi connectivity index (χ0n) is 11.0. The molecule has 0 bridgehead atoms. The Labute approximate surface area is 109 Å². The number of hydrogen-bond acceptors (Lipinski definition) is 2. The van der Waals surface area contributed by atoms with Gasteiger partial charge in [-0.3, -0.25) is 0 Å². The maximum absolute atomic E-state index is 3.57. The molecular weight excluding hydrogens is 220 g/mol. The summed E-state index contributed by atoms with van der Waals surface area (Å²) in [7, 11) is 0. The minimum absolute atomic E-state index is 0.801. The molecule has 3 aliphatic rings. The standard InChI is InChI=1S/C16H22N2/c1-2-7-15-13(5-1)14-6-3-4-12-8-9-17-10-11-18(15)16(12)14/h3-4,6,13,15,17H,1-2,5,7-11H2. The summed E-state index contributed by atoms with van der Waals surface area (Å²) in [6, 6.07) is 7.83. The van der Waals surface area contributed by atoms with Gasteiger partial charge in [0.1, 0.15) is 0 Å². The lowest BCUT2D eigenvalue weighted by Crippen LogP contribution is -2.41.